The van der Waals surface area contributed by atoms with Crippen molar-refractivity contribution in [2.75, 3.05) is 0 Å². The Balaban J connectivity index is 2.12. The van der Waals surface area contributed by atoms with Crippen LogP contribution >= 0.6 is 34.8 Å². The molecule has 0 spiro atoms. The molecule has 9 heteroatoms. The Bertz CT molecular complexity index is 809. The van der Waals surface area contributed by atoms with E-state index in [1.54, 1.807) is 12.1 Å². The van der Waals surface area contributed by atoms with Gasteiger partial charge in [-0.1, -0.05) is 40.9 Å². The van der Waals surface area contributed by atoms with Crippen LogP contribution in [-0.2, 0) is 0 Å². The highest BCUT2D eigenvalue weighted by Crippen LogP contribution is 2.25. The lowest BCUT2D eigenvalue weighted by molar-refractivity contribution is -0.384. The topological polar surface area (TPSA) is 84.6 Å². The number of carbonyl (C=O) groups is 1. The van der Waals surface area contributed by atoms with Crippen LogP contribution < -0.4 is 5.43 Å². The van der Waals surface area contributed by atoms with Crippen LogP contribution in [0.25, 0.3) is 0 Å². The fourth-order valence-corrected chi connectivity index (χ4v) is 2.27. The fraction of sp³-hybridized carbons (Fsp3) is 0. The Morgan fingerprint density at radius 2 is 1.87 bits per heavy atom. The highest BCUT2D eigenvalue weighted by atomic mass is 35.5. The van der Waals surface area contributed by atoms with E-state index in [1.807, 2.05) is 0 Å². The van der Waals surface area contributed by atoms with Crippen molar-refractivity contribution in [1.82, 2.24) is 5.43 Å². The van der Waals surface area contributed by atoms with Crippen molar-refractivity contribution in [2.24, 2.45) is 5.10 Å². The van der Waals surface area contributed by atoms with Crippen LogP contribution in [0.3, 0.4) is 0 Å². The van der Waals surface area contributed by atoms with E-state index in [-0.39, 0.29) is 16.3 Å². The lowest BCUT2D eigenvalue weighted by atomic mass is 10.2. The number of halogens is 3. The molecule has 1 amide bonds. The Hall–Kier alpha value is -2.15. The van der Waals surface area contributed by atoms with Crippen LogP contribution in [0.15, 0.2) is 41.5 Å². The molecule has 2 aromatic carbocycles. The standard InChI is InChI=1S/C14H8Cl3N3O3/c15-10-3-1-9(12(17)6-10)7-18-19-14(21)8-2-4-11(16)13(5-8)20(22)23/h1-7H,(H,19,21)/b18-7-. The summed E-state index contributed by atoms with van der Waals surface area (Å²) in [6, 6.07) is 8.49. The summed E-state index contributed by atoms with van der Waals surface area (Å²) in [6.45, 7) is 0. The van der Waals surface area contributed by atoms with Gasteiger partial charge in [-0.2, -0.15) is 5.10 Å². The largest absolute Gasteiger partial charge is 0.288 e. The molecule has 0 heterocycles. The molecular formula is C14H8Cl3N3O3. The predicted octanol–water partition coefficient (Wildman–Crippen LogP) is 4.32. The molecule has 2 aromatic rings. The first-order chi connectivity index (χ1) is 10.9. The van der Waals surface area contributed by atoms with Crippen molar-refractivity contribution >= 4 is 52.6 Å². The van der Waals surface area contributed by atoms with Gasteiger partial charge < -0.3 is 0 Å². The van der Waals surface area contributed by atoms with Gasteiger partial charge in [0.1, 0.15) is 5.02 Å². The third-order valence-corrected chi connectivity index (χ3v) is 3.62. The van der Waals surface area contributed by atoms with Crippen LogP contribution in [0.4, 0.5) is 5.69 Å². The maximum Gasteiger partial charge on any atom is 0.288 e. The minimum Gasteiger partial charge on any atom is -0.267 e. The molecule has 0 aliphatic rings. The minimum atomic E-state index is -0.671. The van der Waals surface area contributed by atoms with Gasteiger partial charge in [-0.3, -0.25) is 14.9 Å². The Kier molecular flexibility index (Phi) is 5.54. The van der Waals surface area contributed by atoms with Gasteiger partial charge in [0.15, 0.2) is 0 Å². The average molecular weight is 373 g/mol. The first-order valence-corrected chi connectivity index (χ1v) is 7.24. The first-order valence-electron chi connectivity index (χ1n) is 6.11. The highest BCUT2D eigenvalue weighted by Gasteiger charge is 2.15. The highest BCUT2D eigenvalue weighted by molar-refractivity contribution is 6.36. The average Bonchev–Trinajstić information content (AvgIpc) is 2.49. The second kappa shape index (κ2) is 7.41. The zero-order valence-electron chi connectivity index (χ0n) is 11.3. The number of nitro benzene ring substituents is 1. The molecule has 0 fully saturated rings. The maximum absolute atomic E-state index is 11.9. The van der Waals surface area contributed by atoms with Crippen LogP contribution in [0.2, 0.25) is 15.1 Å². The van der Waals surface area contributed by atoms with Gasteiger partial charge in [-0.15, -0.1) is 0 Å². The summed E-state index contributed by atoms with van der Waals surface area (Å²) < 4.78 is 0. The number of rotatable bonds is 4. The van der Waals surface area contributed by atoms with Crippen molar-refractivity contribution in [3.05, 3.63) is 72.7 Å². The van der Waals surface area contributed by atoms with Crippen molar-refractivity contribution in [3.8, 4) is 0 Å². The second-order valence-corrected chi connectivity index (χ2v) is 5.54. The van der Waals surface area contributed by atoms with Crippen LogP contribution in [-0.4, -0.2) is 17.0 Å². The zero-order chi connectivity index (χ0) is 17.0. The van der Waals surface area contributed by atoms with Gasteiger partial charge in [-0.05, 0) is 24.3 Å². The molecule has 118 valence electrons. The quantitative estimate of drug-likeness (QED) is 0.493. The van der Waals surface area contributed by atoms with Crippen LogP contribution in [0.1, 0.15) is 15.9 Å². The van der Waals surface area contributed by atoms with Crippen LogP contribution in [0, 0.1) is 10.1 Å². The molecular weight excluding hydrogens is 365 g/mol. The summed E-state index contributed by atoms with van der Waals surface area (Å²) in [6.07, 6.45) is 1.33. The molecule has 0 aliphatic heterocycles. The van der Waals surface area contributed by atoms with Crippen molar-refractivity contribution in [3.63, 3.8) is 0 Å². The molecule has 0 atom stereocenters. The second-order valence-electron chi connectivity index (χ2n) is 4.29. The van der Waals surface area contributed by atoms with Gasteiger partial charge in [0.25, 0.3) is 11.6 Å². The van der Waals surface area contributed by atoms with Crippen molar-refractivity contribution in [1.29, 1.82) is 0 Å². The lowest BCUT2D eigenvalue weighted by Gasteiger charge is -2.02. The van der Waals surface area contributed by atoms with Crippen molar-refractivity contribution in [2.45, 2.75) is 0 Å². The van der Waals surface area contributed by atoms with E-state index in [9.17, 15) is 14.9 Å². The number of amides is 1. The van der Waals surface area contributed by atoms with E-state index in [0.29, 0.717) is 15.6 Å². The number of hydrazone groups is 1. The van der Waals surface area contributed by atoms with E-state index in [2.05, 4.69) is 10.5 Å². The number of nitrogens with zero attached hydrogens (tertiary/aromatic N) is 2. The molecule has 23 heavy (non-hydrogen) atoms. The number of carbonyl (C=O) groups excluding carboxylic acids is 1. The van der Waals surface area contributed by atoms with Gasteiger partial charge in [0.05, 0.1) is 16.2 Å². The Morgan fingerprint density at radius 3 is 2.52 bits per heavy atom. The number of hydrogen-bond acceptors (Lipinski definition) is 4. The molecule has 0 aromatic heterocycles. The molecule has 2 rings (SSSR count). The molecule has 6 nitrogen and oxygen atoms in total. The summed E-state index contributed by atoms with van der Waals surface area (Å²) in [7, 11) is 0. The van der Waals surface area contributed by atoms with E-state index in [1.165, 1.54) is 24.4 Å². The molecule has 0 radical (unpaired) electrons. The van der Waals surface area contributed by atoms with E-state index in [0.717, 1.165) is 6.07 Å². The van der Waals surface area contributed by atoms with Crippen LogP contribution in [0.5, 0.6) is 0 Å². The molecule has 0 aliphatic carbocycles. The molecule has 0 unspecified atom stereocenters. The molecule has 1 N–H and O–H groups in total. The summed E-state index contributed by atoms with van der Waals surface area (Å²) in [5.74, 6) is -0.619. The summed E-state index contributed by atoms with van der Waals surface area (Å²) >= 11 is 17.4. The predicted molar refractivity (Wildman–Crippen MR) is 89.6 cm³/mol. The summed E-state index contributed by atoms with van der Waals surface area (Å²) in [5.41, 5.74) is 2.50. The number of nitrogens with one attached hydrogen (secondary N) is 1. The zero-order valence-corrected chi connectivity index (χ0v) is 13.6. The maximum atomic E-state index is 11.9. The third-order valence-electron chi connectivity index (χ3n) is 2.74. The van der Waals surface area contributed by atoms with E-state index < -0.39 is 10.8 Å². The lowest BCUT2D eigenvalue weighted by Crippen LogP contribution is -2.17. The molecule has 0 saturated carbocycles. The monoisotopic (exact) mass is 371 g/mol. The number of nitro groups is 1. The van der Waals surface area contributed by atoms with Gasteiger partial charge in [-0.25, -0.2) is 5.43 Å². The summed E-state index contributed by atoms with van der Waals surface area (Å²) in [5, 5.41) is 15.3. The van der Waals surface area contributed by atoms with E-state index >= 15 is 0 Å². The fourth-order valence-electron chi connectivity index (χ4n) is 1.63. The first kappa shape index (κ1) is 17.2. The third kappa shape index (κ3) is 4.41. The van der Waals surface area contributed by atoms with Gasteiger partial charge >= 0.3 is 0 Å². The number of benzene rings is 2. The normalized spacial score (nSPS) is 10.7. The van der Waals surface area contributed by atoms with Gasteiger partial charge in [0.2, 0.25) is 0 Å². The molecule has 0 saturated heterocycles. The SMILES string of the molecule is O=C(N/N=C\c1ccc(Cl)cc1Cl)c1ccc(Cl)c([N+](=O)[O-])c1. The molecule has 0 bridgehead atoms. The van der Waals surface area contributed by atoms with E-state index in [4.69, 9.17) is 34.8 Å². The smallest absolute Gasteiger partial charge is 0.267 e. The Labute approximate surface area is 145 Å². The number of hydrogen-bond donors (Lipinski definition) is 1. The van der Waals surface area contributed by atoms with Crippen molar-refractivity contribution < 1.29 is 9.72 Å². The van der Waals surface area contributed by atoms with Gasteiger partial charge in [0, 0.05) is 22.2 Å². The summed E-state index contributed by atoms with van der Waals surface area (Å²) in [4.78, 5) is 22.0. The Morgan fingerprint density at radius 1 is 1.13 bits per heavy atom. The minimum absolute atomic E-state index is 0.0528.